The Morgan fingerprint density at radius 3 is 2.84 bits per heavy atom. The van der Waals surface area contributed by atoms with Gasteiger partial charge in [0.25, 0.3) is 0 Å². The fourth-order valence-corrected chi connectivity index (χ4v) is 2.96. The Morgan fingerprint density at radius 1 is 1.53 bits per heavy atom. The third-order valence-electron chi connectivity index (χ3n) is 2.92. The van der Waals surface area contributed by atoms with Crippen LogP contribution in [0.2, 0.25) is 0 Å². The first-order valence-electron chi connectivity index (χ1n) is 5.67. The van der Waals surface area contributed by atoms with Gasteiger partial charge in [0, 0.05) is 25.3 Å². The maximum atomic E-state index is 13.6. The van der Waals surface area contributed by atoms with E-state index in [2.05, 4.69) is 4.72 Å². The van der Waals surface area contributed by atoms with Crippen molar-refractivity contribution in [3.05, 3.63) is 24.0 Å². The number of nitrogens with one attached hydrogen (secondary N) is 1. The number of rotatable bonds is 4. The van der Waals surface area contributed by atoms with Gasteiger partial charge in [-0.15, -0.1) is 0 Å². The predicted molar refractivity (Wildman–Crippen MR) is 66.4 cm³/mol. The molecular weight excluding hydrogens is 275 g/mol. The molecule has 2 rings (SSSR count). The van der Waals surface area contributed by atoms with E-state index in [9.17, 15) is 17.9 Å². The molecule has 1 atom stereocenters. The van der Waals surface area contributed by atoms with Crippen molar-refractivity contribution >= 4 is 15.7 Å². The first-order chi connectivity index (χ1) is 8.82. The van der Waals surface area contributed by atoms with E-state index in [1.807, 2.05) is 0 Å². The lowest BCUT2D eigenvalue weighted by Crippen LogP contribution is -2.43. The average Bonchev–Trinajstić information content (AvgIpc) is 2.74. The minimum absolute atomic E-state index is 0.0553. The van der Waals surface area contributed by atoms with E-state index in [1.54, 1.807) is 0 Å². The third kappa shape index (κ3) is 3.21. The molecule has 1 aliphatic heterocycles. The second kappa shape index (κ2) is 5.04. The Morgan fingerprint density at radius 2 is 2.26 bits per heavy atom. The number of anilines is 1. The van der Waals surface area contributed by atoms with E-state index in [0.29, 0.717) is 13.0 Å². The SMILES string of the molecule is Nc1ccc(S(=O)(=O)NCC2(O)CCOC2)c(F)c1. The second-order valence-electron chi connectivity index (χ2n) is 4.54. The molecule has 1 fully saturated rings. The molecule has 0 amide bonds. The Labute approximate surface area is 110 Å². The van der Waals surface area contributed by atoms with Crippen molar-refractivity contribution in [2.24, 2.45) is 0 Å². The van der Waals surface area contributed by atoms with E-state index < -0.39 is 26.3 Å². The summed E-state index contributed by atoms with van der Waals surface area (Å²) in [6, 6.07) is 3.31. The van der Waals surface area contributed by atoms with Crippen molar-refractivity contribution in [2.75, 3.05) is 25.5 Å². The number of aliphatic hydroxyl groups is 1. The molecule has 0 spiro atoms. The molecular formula is C11H15FN2O4S. The van der Waals surface area contributed by atoms with Crippen LogP contribution in [0.15, 0.2) is 23.1 Å². The standard InChI is InChI=1S/C11H15FN2O4S/c12-9-5-8(13)1-2-10(9)19(16,17)14-6-11(15)3-4-18-7-11/h1-2,5,14-15H,3-4,6-7,13H2. The lowest BCUT2D eigenvalue weighted by Gasteiger charge is -2.20. The van der Waals surface area contributed by atoms with Crippen LogP contribution in [0, 0.1) is 5.82 Å². The van der Waals surface area contributed by atoms with Crippen molar-refractivity contribution in [3.8, 4) is 0 Å². The van der Waals surface area contributed by atoms with Crippen molar-refractivity contribution in [3.63, 3.8) is 0 Å². The highest BCUT2D eigenvalue weighted by atomic mass is 32.2. The molecule has 1 aromatic carbocycles. The lowest BCUT2D eigenvalue weighted by molar-refractivity contribution is 0.0314. The molecule has 1 unspecified atom stereocenters. The molecule has 8 heteroatoms. The third-order valence-corrected chi connectivity index (χ3v) is 4.35. The number of hydrogen-bond donors (Lipinski definition) is 3. The summed E-state index contributed by atoms with van der Waals surface area (Å²) in [5.41, 5.74) is 4.25. The maximum absolute atomic E-state index is 13.6. The van der Waals surface area contributed by atoms with Crippen LogP contribution in [-0.2, 0) is 14.8 Å². The molecule has 0 aliphatic carbocycles. The van der Waals surface area contributed by atoms with Gasteiger partial charge in [0.1, 0.15) is 16.3 Å². The van der Waals surface area contributed by atoms with Gasteiger partial charge in [-0.3, -0.25) is 0 Å². The zero-order valence-corrected chi connectivity index (χ0v) is 10.9. The predicted octanol–water partition coefficient (Wildman–Crippen LogP) is -0.162. The number of nitrogens with two attached hydrogens (primary N) is 1. The largest absolute Gasteiger partial charge is 0.399 e. The summed E-state index contributed by atoms with van der Waals surface area (Å²) < 4.78 is 44.6. The van der Waals surface area contributed by atoms with Gasteiger partial charge in [0.15, 0.2) is 0 Å². The summed E-state index contributed by atoms with van der Waals surface area (Å²) in [5.74, 6) is -0.929. The second-order valence-corrected chi connectivity index (χ2v) is 6.28. The van der Waals surface area contributed by atoms with E-state index in [-0.39, 0.29) is 18.8 Å². The molecule has 0 radical (unpaired) electrons. The monoisotopic (exact) mass is 290 g/mol. The summed E-state index contributed by atoms with van der Waals surface area (Å²) in [4.78, 5) is -0.496. The highest BCUT2D eigenvalue weighted by Gasteiger charge is 2.34. The van der Waals surface area contributed by atoms with Gasteiger partial charge in [-0.05, 0) is 18.2 Å². The fourth-order valence-electron chi connectivity index (χ4n) is 1.78. The van der Waals surface area contributed by atoms with Crippen LogP contribution < -0.4 is 10.5 Å². The number of hydrogen-bond acceptors (Lipinski definition) is 5. The topological polar surface area (TPSA) is 102 Å². The van der Waals surface area contributed by atoms with Gasteiger partial charge in [0.05, 0.1) is 6.61 Å². The van der Waals surface area contributed by atoms with Gasteiger partial charge in [-0.2, -0.15) is 0 Å². The Kier molecular flexibility index (Phi) is 3.77. The molecule has 19 heavy (non-hydrogen) atoms. The smallest absolute Gasteiger partial charge is 0.243 e. The molecule has 1 aromatic rings. The summed E-state index contributed by atoms with van der Waals surface area (Å²) in [6.07, 6.45) is 0.333. The van der Waals surface area contributed by atoms with Crippen molar-refractivity contribution in [1.82, 2.24) is 4.72 Å². The molecule has 0 saturated carbocycles. The number of benzene rings is 1. The fraction of sp³-hybridized carbons (Fsp3) is 0.455. The van der Waals surface area contributed by atoms with Gasteiger partial charge in [0.2, 0.25) is 10.0 Å². The molecule has 1 heterocycles. The van der Waals surface area contributed by atoms with E-state index >= 15 is 0 Å². The Balaban J connectivity index is 2.14. The van der Waals surface area contributed by atoms with Crippen molar-refractivity contribution in [1.29, 1.82) is 0 Å². The molecule has 4 N–H and O–H groups in total. The van der Waals surface area contributed by atoms with Crippen LogP contribution in [0.25, 0.3) is 0 Å². The van der Waals surface area contributed by atoms with Crippen LogP contribution in [0.3, 0.4) is 0 Å². The van der Waals surface area contributed by atoms with Crippen molar-refractivity contribution < 1.29 is 22.7 Å². The van der Waals surface area contributed by atoms with E-state index in [1.165, 1.54) is 6.07 Å². The number of halogens is 1. The Hall–Kier alpha value is -1.22. The molecule has 0 bridgehead atoms. The number of ether oxygens (including phenoxy) is 1. The minimum Gasteiger partial charge on any atom is -0.399 e. The highest BCUT2D eigenvalue weighted by Crippen LogP contribution is 2.20. The number of sulfonamides is 1. The van der Waals surface area contributed by atoms with Gasteiger partial charge < -0.3 is 15.6 Å². The average molecular weight is 290 g/mol. The summed E-state index contributed by atoms with van der Waals surface area (Å²) >= 11 is 0. The normalized spacial score (nSPS) is 23.7. The quantitative estimate of drug-likeness (QED) is 0.669. The molecule has 6 nitrogen and oxygen atoms in total. The van der Waals surface area contributed by atoms with E-state index in [0.717, 1.165) is 12.1 Å². The summed E-state index contributed by atoms with van der Waals surface area (Å²) in [5, 5.41) is 9.95. The summed E-state index contributed by atoms with van der Waals surface area (Å²) in [6.45, 7) is 0.202. The van der Waals surface area contributed by atoms with E-state index in [4.69, 9.17) is 10.5 Å². The van der Waals surface area contributed by atoms with Crippen LogP contribution >= 0.6 is 0 Å². The van der Waals surface area contributed by atoms with Crippen molar-refractivity contribution in [2.45, 2.75) is 16.9 Å². The van der Waals surface area contributed by atoms with Crippen LogP contribution in [0.1, 0.15) is 6.42 Å². The number of nitrogen functional groups attached to an aromatic ring is 1. The zero-order valence-electron chi connectivity index (χ0n) is 10.1. The van der Waals surface area contributed by atoms with Gasteiger partial charge in [-0.25, -0.2) is 17.5 Å². The molecule has 0 aromatic heterocycles. The van der Waals surface area contributed by atoms with Crippen LogP contribution in [0.5, 0.6) is 0 Å². The zero-order chi connectivity index (χ0) is 14.1. The van der Waals surface area contributed by atoms with Gasteiger partial charge in [-0.1, -0.05) is 0 Å². The van der Waals surface area contributed by atoms with Crippen LogP contribution in [0.4, 0.5) is 10.1 Å². The highest BCUT2D eigenvalue weighted by molar-refractivity contribution is 7.89. The molecule has 1 aliphatic rings. The van der Waals surface area contributed by atoms with Crippen LogP contribution in [-0.4, -0.2) is 38.9 Å². The first-order valence-corrected chi connectivity index (χ1v) is 7.16. The van der Waals surface area contributed by atoms with Gasteiger partial charge >= 0.3 is 0 Å². The lowest BCUT2D eigenvalue weighted by atomic mass is 10.1. The Bertz CT molecular complexity index is 570. The molecule has 1 saturated heterocycles. The summed E-state index contributed by atoms with van der Waals surface area (Å²) in [7, 11) is -4.03. The first kappa shape index (κ1) is 14.2. The molecule has 106 valence electrons. The minimum atomic E-state index is -4.03. The maximum Gasteiger partial charge on any atom is 0.243 e.